The zero-order chi connectivity index (χ0) is 23.8. The van der Waals surface area contributed by atoms with Crippen LogP contribution in [0.15, 0.2) is 12.3 Å². The number of alkyl halides is 1. The van der Waals surface area contributed by atoms with E-state index in [9.17, 15) is 38.0 Å². The van der Waals surface area contributed by atoms with Crippen LogP contribution in [0.1, 0.15) is 0 Å². The van der Waals surface area contributed by atoms with Gasteiger partial charge in [-0.2, -0.15) is 8.62 Å². The Labute approximate surface area is 172 Å². The number of urea groups is 1. The summed E-state index contributed by atoms with van der Waals surface area (Å²) in [7, 11) is -16.3. The molecule has 2 heterocycles. The summed E-state index contributed by atoms with van der Waals surface area (Å²) in [5.41, 5.74) is 0. The molecule has 0 spiro atoms. The van der Waals surface area contributed by atoms with Crippen LogP contribution in [0.4, 0.5) is 9.18 Å². The van der Waals surface area contributed by atoms with Crippen LogP contribution in [-0.4, -0.2) is 85.0 Å². The maximum atomic E-state index is 14.7. The number of aliphatic hydroxyl groups is 2. The quantitative estimate of drug-likeness (QED) is 0.173. The van der Waals surface area contributed by atoms with Gasteiger partial charge in [0, 0.05) is 13.3 Å². The molecular weight excluding hydrogens is 500 g/mol. The highest BCUT2D eigenvalue weighted by Crippen LogP contribution is 2.66. The van der Waals surface area contributed by atoms with Gasteiger partial charge in [-0.05, 0) is 6.08 Å². The van der Waals surface area contributed by atoms with E-state index in [0.717, 1.165) is 19.4 Å². The summed E-state index contributed by atoms with van der Waals surface area (Å²) >= 11 is 0. The van der Waals surface area contributed by atoms with Crippen LogP contribution in [0.3, 0.4) is 0 Å². The van der Waals surface area contributed by atoms with E-state index in [1.54, 1.807) is 0 Å². The predicted molar refractivity (Wildman–Crippen MR) is 90.8 cm³/mol. The molecule has 2 rings (SSSR count). The standard InChI is InChI=1S/C10H18FN2O15P3/c1-24-10(4-25-30(20,21)28-31(22,23)27-29(17,18)19)7(11)6(15)8(26-10)13-3-2-5(14)12-9(13)16/h2-3,5-8,14-15H,4H2,1H3,(H,12,16)(H,20,21)(H,22,23)(H2,17,18,19)/t5?,6-,7+,8-,10-/m1/s1. The molecule has 7 N–H and O–H groups in total. The second-order valence-electron chi connectivity index (χ2n) is 5.92. The van der Waals surface area contributed by atoms with Gasteiger partial charge in [0.1, 0.15) is 18.9 Å². The molecule has 0 bridgehead atoms. The number of hydrogen-bond acceptors (Lipinski definition) is 11. The Morgan fingerprint density at radius 3 is 2.32 bits per heavy atom. The van der Waals surface area contributed by atoms with Gasteiger partial charge in [0.15, 0.2) is 12.4 Å². The molecule has 180 valence electrons. The topological polar surface area (TPSA) is 251 Å². The highest BCUT2D eigenvalue weighted by atomic mass is 31.3. The molecule has 1 fully saturated rings. The number of amides is 2. The van der Waals surface area contributed by atoms with E-state index in [-0.39, 0.29) is 0 Å². The van der Waals surface area contributed by atoms with Crippen LogP contribution in [0.5, 0.6) is 0 Å². The lowest BCUT2D eigenvalue weighted by atomic mass is 10.1. The number of ether oxygens (including phenoxy) is 2. The van der Waals surface area contributed by atoms with Crippen molar-refractivity contribution in [3.8, 4) is 0 Å². The number of nitrogens with zero attached hydrogens (tertiary/aromatic N) is 1. The molecule has 2 amide bonds. The van der Waals surface area contributed by atoms with Crippen LogP contribution in [-0.2, 0) is 36.3 Å². The van der Waals surface area contributed by atoms with Crippen molar-refractivity contribution in [1.29, 1.82) is 0 Å². The summed E-state index contributed by atoms with van der Waals surface area (Å²) in [5.74, 6) is -2.65. The maximum Gasteiger partial charge on any atom is 0.490 e. The van der Waals surface area contributed by atoms with Gasteiger partial charge >= 0.3 is 29.5 Å². The van der Waals surface area contributed by atoms with Crippen LogP contribution >= 0.6 is 23.5 Å². The zero-order valence-electron chi connectivity index (χ0n) is 15.2. The molecule has 17 nitrogen and oxygen atoms in total. The van der Waals surface area contributed by atoms with Crippen molar-refractivity contribution in [1.82, 2.24) is 10.2 Å². The Morgan fingerprint density at radius 1 is 1.19 bits per heavy atom. The normalized spacial score (nSPS) is 35.5. The molecule has 0 saturated carbocycles. The minimum absolute atomic E-state index is 0.634. The van der Waals surface area contributed by atoms with E-state index >= 15 is 0 Å². The van der Waals surface area contributed by atoms with Gasteiger partial charge in [0.05, 0.1) is 0 Å². The van der Waals surface area contributed by atoms with Crippen molar-refractivity contribution < 1.29 is 75.3 Å². The fraction of sp³-hybridized carbons (Fsp3) is 0.700. The van der Waals surface area contributed by atoms with Gasteiger partial charge in [-0.1, -0.05) is 0 Å². The van der Waals surface area contributed by atoms with Crippen molar-refractivity contribution in [3.63, 3.8) is 0 Å². The minimum atomic E-state index is -5.82. The molecule has 0 aromatic carbocycles. The van der Waals surface area contributed by atoms with Crippen LogP contribution in [0.2, 0.25) is 0 Å². The molecule has 21 heteroatoms. The smallest absolute Gasteiger partial charge is 0.385 e. The van der Waals surface area contributed by atoms with E-state index in [0.29, 0.717) is 4.90 Å². The number of nitrogens with one attached hydrogen (secondary N) is 1. The summed E-state index contributed by atoms with van der Waals surface area (Å²) in [5, 5.41) is 21.4. The summed E-state index contributed by atoms with van der Waals surface area (Å²) in [6.45, 7) is -1.39. The first kappa shape index (κ1) is 26.4. The molecule has 1 saturated heterocycles. The zero-order valence-corrected chi connectivity index (χ0v) is 17.9. The summed E-state index contributed by atoms with van der Waals surface area (Å²) < 4.78 is 69.7. The Kier molecular flexibility index (Phi) is 7.85. The Morgan fingerprint density at radius 2 is 1.81 bits per heavy atom. The van der Waals surface area contributed by atoms with Gasteiger partial charge in [-0.15, -0.1) is 0 Å². The van der Waals surface area contributed by atoms with Gasteiger partial charge in [-0.3, -0.25) is 9.42 Å². The number of hydrogen-bond donors (Lipinski definition) is 7. The lowest BCUT2D eigenvalue weighted by Crippen LogP contribution is -2.52. The largest absolute Gasteiger partial charge is 0.490 e. The SMILES string of the molecule is CO[C@]1(COP(=O)(O)OP(=O)(O)OP(=O)(O)O)O[C@@H](N2C=CC(O)NC2=O)[C@H](O)[C@@H]1F. The molecular formula is C10H18FN2O15P3. The molecule has 0 aromatic heterocycles. The molecule has 0 aliphatic carbocycles. The van der Waals surface area contributed by atoms with E-state index in [1.165, 1.54) is 0 Å². The molecule has 0 radical (unpaired) electrons. The second kappa shape index (κ2) is 9.21. The van der Waals surface area contributed by atoms with E-state index in [4.69, 9.17) is 24.2 Å². The third-order valence-electron chi connectivity index (χ3n) is 3.73. The third-order valence-corrected chi connectivity index (χ3v) is 7.51. The third kappa shape index (κ3) is 6.60. The van der Waals surface area contributed by atoms with Gasteiger partial charge in [0.25, 0.3) is 0 Å². The Balaban J connectivity index is 2.14. The van der Waals surface area contributed by atoms with E-state index < -0.39 is 66.6 Å². The van der Waals surface area contributed by atoms with Crippen LogP contribution in [0, 0.1) is 0 Å². The van der Waals surface area contributed by atoms with Crippen LogP contribution < -0.4 is 5.32 Å². The van der Waals surface area contributed by atoms with Crippen molar-refractivity contribution >= 4 is 29.5 Å². The number of phosphoric acid groups is 3. The molecule has 2 aliphatic rings. The van der Waals surface area contributed by atoms with Crippen LogP contribution in [0.25, 0.3) is 0 Å². The Hall–Kier alpha value is -0.810. The van der Waals surface area contributed by atoms with E-state index in [2.05, 4.69) is 13.1 Å². The molecule has 0 aromatic rings. The Bertz CT molecular complexity index is 866. The first-order valence-electron chi connectivity index (χ1n) is 7.79. The average Bonchev–Trinajstić information content (AvgIpc) is 2.82. The summed E-state index contributed by atoms with van der Waals surface area (Å²) in [6.07, 6.45) is -5.76. The predicted octanol–water partition coefficient (Wildman–Crippen LogP) is -1.42. The van der Waals surface area contributed by atoms with Crippen molar-refractivity contribution in [2.75, 3.05) is 13.7 Å². The van der Waals surface area contributed by atoms with Crippen molar-refractivity contribution in [2.24, 2.45) is 0 Å². The number of carbonyl (C=O) groups is 1. The lowest BCUT2D eigenvalue weighted by molar-refractivity contribution is -0.258. The highest BCUT2D eigenvalue weighted by molar-refractivity contribution is 7.66. The minimum Gasteiger partial charge on any atom is -0.385 e. The fourth-order valence-electron chi connectivity index (χ4n) is 2.46. The first-order chi connectivity index (χ1) is 14.0. The first-order valence-corrected chi connectivity index (χ1v) is 12.3. The van der Waals surface area contributed by atoms with Gasteiger partial charge < -0.3 is 44.6 Å². The number of aliphatic hydroxyl groups excluding tert-OH is 2. The van der Waals surface area contributed by atoms with Gasteiger partial charge in [-0.25, -0.2) is 22.9 Å². The molecule has 3 unspecified atom stereocenters. The van der Waals surface area contributed by atoms with E-state index in [1.807, 2.05) is 5.32 Å². The molecule has 31 heavy (non-hydrogen) atoms. The number of carbonyl (C=O) groups excluding carboxylic acids is 1. The second-order valence-corrected chi connectivity index (χ2v) is 10.3. The highest BCUT2D eigenvalue weighted by Gasteiger charge is 2.60. The van der Waals surface area contributed by atoms with Crippen molar-refractivity contribution in [2.45, 2.75) is 30.5 Å². The number of methoxy groups -OCH3 is 1. The lowest BCUT2D eigenvalue weighted by Gasteiger charge is -2.32. The summed E-state index contributed by atoms with van der Waals surface area (Å²) in [6, 6.07) is -1.01. The number of phosphoric ester groups is 1. The molecule has 7 atom stereocenters. The fourth-order valence-corrected chi connectivity index (χ4v) is 5.50. The number of rotatable bonds is 9. The van der Waals surface area contributed by atoms with Crippen molar-refractivity contribution in [3.05, 3.63) is 12.3 Å². The van der Waals surface area contributed by atoms with Gasteiger partial charge in [0.2, 0.25) is 5.79 Å². The number of halogens is 1. The monoisotopic (exact) mass is 518 g/mol. The maximum absolute atomic E-state index is 14.7. The molecule has 2 aliphatic heterocycles. The average molecular weight is 518 g/mol. The summed E-state index contributed by atoms with van der Waals surface area (Å²) in [4.78, 5) is 48.1.